The van der Waals surface area contributed by atoms with Crippen molar-refractivity contribution < 1.29 is 24.3 Å². The number of carbonyl (C=O) groups excluding carboxylic acids is 1. The second-order valence-corrected chi connectivity index (χ2v) is 7.51. The first-order valence-electron chi connectivity index (χ1n) is 10.8. The van der Waals surface area contributed by atoms with Crippen LogP contribution >= 0.6 is 0 Å². The molecule has 1 aromatic carbocycles. The fraction of sp³-hybridized carbons (Fsp3) is 0.391. The molecule has 1 saturated heterocycles. The minimum atomic E-state index is -0.518. The van der Waals surface area contributed by atoms with Crippen molar-refractivity contribution in [3.05, 3.63) is 64.1 Å². The lowest BCUT2D eigenvalue weighted by Crippen LogP contribution is -2.34. The topological polar surface area (TPSA) is 120 Å². The Morgan fingerprint density at radius 2 is 1.97 bits per heavy atom. The zero-order valence-electron chi connectivity index (χ0n) is 18.6. The van der Waals surface area contributed by atoms with Gasteiger partial charge in [-0.25, -0.2) is 9.55 Å². The molecule has 10 nitrogen and oxygen atoms in total. The number of aliphatic hydroxyl groups is 1. The predicted molar refractivity (Wildman–Crippen MR) is 122 cm³/mol. The molecule has 0 spiro atoms. The normalized spacial score (nSPS) is 15.0. The molecule has 0 bridgehead atoms. The minimum Gasteiger partial charge on any atom is -0.454 e. The highest BCUT2D eigenvalue weighted by molar-refractivity contribution is 5.88. The molecule has 2 aliphatic heterocycles. The molecular formula is C23H28N4O6. The van der Waals surface area contributed by atoms with Crippen LogP contribution in [0, 0.1) is 17.0 Å². The van der Waals surface area contributed by atoms with E-state index in [1.165, 1.54) is 17.2 Å². The predicted octanol–water partition coefficient (Wildman–Crippen LogP) is 3.09. The van der Waals surface area contributed by atoms with Crippen LogP contribution < -0.4 is 9.47 Å². The first-order chi connectivity index (χ1) is 16.0. The Hall–Kier alpha value is -3.66. The average Bonchev–Trinajstić information content (AvgIpc) is 3.44. The van der Waals surface area contributed by atoms with E-state index in [9.17, 15) is 14.9 Å². The summed E-state index contributed by atoms with van der Waals surface area (Å²) in [5.74, 6) is 2.11. The van der Waals surface area contributed by atoms with E-state index in [0.29, 0.717) is 5.82 Å². The van der Waals surface area contributed by atoms with Gasteiger partial charge >= 0.3 is 5.82 Å². The van der Waals surface area contributed by atoms with Crippen LogP contribution in [0.2, 0.25) is 0 Å². The number of fused-ring (bicyclic) bond motifs is 1. The lowest BCUT2D eigenvalue weighted by molar-refractivity contribution is -0.392. The molecule has 0 atom stereocenters. The largest absolute Gasteiger partial charge is 0.454 e. The minimum absolute atomic E-state index is 0.0819. The average molecular weight is 456 g/mol. The van der Waals surface area contributed by atoms with Crippen LogP contribution in [0.4, 0.5) is 5.82 Å². The molecule has 1 fully saturated rings. The molecular weight excluding hydrogens is 428 g/mol. The van der Waals surface area contributed by atoms with Gasteiger partial charge in [-0.05, 0) is 41.9 Å². The number of piperidine rings is 1. The van der Waals surface area contributed by atoms with E-state index < -0.39 is 4.92 Å². The van der Waals surface area contributed by atoms with Gasteiger partial charge in [0.2, 0.25) is 12.7 Å². The van der Waals surface area contributed by atoms with E-state index in [2.05, 4.69) is 4.98 Å². The SMILES string of the molecule is Cc1ncc([N+](=O)[O-])n1CCO.O=C(/C=C/C=C/c1ccc2c(c1)OCO2)N1CCCCC1. The van der Waals surface area contributed by atoms with Gasteiger partial charge in [0.1, 0.15) is 12.7 Å². The van der Waals surface area contributed by atoms with E-state index in [1.54, 1.807) is 19.1 Å². The Labute approximate surface area is 191 Å². The third-order valence-electron chi connectivity index (χ3n) is 5.25. The molecule has 0 aliphatic carbocycles. The zero-order chi connectivity index (χ0) is 23.6. The second-order valence-electron chi connectivity index (χ2n) is 7.51. The number of benzene rings is 1. The Morgan fingerprint density at radius 3 is 2.70 bits per heavy atom. The third kappa shape index (κ3) is 6.66. The van der Waals surface area contributed by atoms with Gasteiger partial charge in [0.15, 0.2) is 17.3 Å². The van der Waals surface area contributed by atoms with E-state index in [0.717, 1.165) is 43.0 Å². The number of imidazole rings is 1. The van der Waals surface area contributed by atoms with Gasteiger partial charge in [-0.15, -0.1) is 0 Å². The summed E-state index contributed by atoms with van der Waals surface area (Å²) in [6, 6.07) is 5.79. The van der Waals surface area contributed by atoms with Crippen LogP contribution in [0.5, 0.6) is 11.5 Å². The highest BCUT2D eigenvalue weighted by atomic mass is 16.7. The molecule has 10 heteroatoms. The number of likely N-dealkylation sites (tertiary alicyclic amines) is 1. The maximum absolute atomic E-state index is 11.9. The monoisotopic (exact) mass is 456 g/mol. The fourth-order valence-electron chi connectivity index (χ4n) is 3.52. The molecule has 4 rings (SSSR count). The number of hydrogen-bond donors (Lipinski definition) is 1. The first kappa shape index (κ1) is 24.0. The van der Waals surface area contributed by atoms with Gasteiger partial charge in [0.05, 0.1) is 6.61 Å². The number of nitrogens with zero attached hydrogens (tertiary/aromatic N) is 4. The van der Waals surface area contributed by atoms with Crippen molar-refractivity contribution in [2.75, 3.05) is 26.5 Å². The maximum atomic E-state index is 11.9. The summed E-state index contributed by atoms with van der Waals surface area (Å²) in [5.41, 5.74) is 1.02. The summed E-state index contributed by atoms with van der Waals surface area (Å²) in [6.07, 6.45) is 11.9. The number of aryl methyl sites for hydroxylation is 1. The van der Waals surface area contributed by atoms with E-state index in [1.807, 2.05) is 35.3 Å². The summed E-state index contributed by atoms with van der Waals surface area (Å²) in [5, 5.41) is 19.0. The van der Waals surface area contributed by atoms with Crippen molar-refractivity contribution in [2.24, 2.45) is 0 Å². The van der Waals surface area contributed by atoms with E-state index >= 15 is 0 Å². The van der Waals surface area contributed by atoms with E-state index in [4.69, 9.17) is 14.6 Å². The smallest absolute Gasteiger partial charge is 0.342 e. The van der Waals surface area contributed by atoms with Gasteiger partial charge in [0, 0.05) is 26.1 Å². The number of hydrogen-bond acceptors (Lipinski definition) is 7. The van der Waals surface area contributed by atoms with Crippen molar-refractivity contribution >= 4 is 17.8 Å². The lowest BCUT2D eigenvalue weighted by Gasteiger charge is -2.25. The number of allylic oxidation sites excluding steroid dienone is 2. The van der Waals surface area contributed by atoms with Gasteiger partial charge in [0.25, 0.3) is 0 Å². The summed E-state index contributed by atoms with van der Waals surface area (Å²) < 4.78 is 12.0. The summed E-state index contributed by atoms with van der Waals surface area (Å²) in [7, 11) is 0. The number of carbonyl (C=O) groups is 1. The quantitative estimate of drug-likeness (QED) is 0.307. The number of amides is 1. The van der Waals surface area contributed by atoms with Crippen LogP contribution in [0.1, 0.15) is 30.7 Å². The Bertz CT molecular complexity index is 1020. The van der Waals surface area contributed by atoms with Crippen LogP contribution in [0.15, 0.2) is 42.6 Å². The Kier molecular flexibility index (Phi) is 8.59. The Balaban J connectivity index is 0.000000218. The molecule has 0 unspecified atom stereocenters. The standard InChI is InChI=1S/C17H19NO3.C6H9N3O3/c19-17(18-10-4-1-5-11-18)7-3-2-6-14-8-9-15-16(12-14)21-13-20-15;1-5-7-4-6(9(11)12)8(5)2-3-10/h2-3,6-9,12H,1,4-5,10-11,13H2;4,10H,2-3H2,1H3/b6-2+,7-3+;. The van der Waals surface area contributed by atoms with Crippen molar-refractivity contribution in [3.8, 4) is 11.5 Å². The Morgan fingerprint density at radius 1 is 1.21 bits per heavy atom. The molecule has 2 aliphatic rings. The van der Waals surface area contributed by atoms with Gasteiger partial charge in [-0.1, -0.05) is 24.3 Å². The van der Waals surface area contributed by atoms with E-state index in [-0.39, 0.29) is 31.7 Å². The third-order valence-corrected chi connectivity index (χ3v) is 5.25. The number of rotatable bonds is 6. The number of aliphatic hydroxyl groups excluding tert-OH is 1. The van der Waals surface area contributed by atoms with Crippen LogP contribution in [0.25, 0.3) is 6.08 Å². The van der Waals surface area contributed by atoms with Crippen molar-refractivity contribution in [3.63, 3.8) is 0 Å². The number of ether oxygens (including phenoxy) is 2. The van der Waals surface area contributed by atoms with Crippen LogP contribution in [0.3, 0.4) is 0 Å². The van der Waals surface area contributed by atoms with Gasteiger partial charge in [-0.2, -0.15) is 0 Å². The molecule has 1 aromatic heterocycles. The second kappa shape index (κ2) is 11.8. The van der Waals surface area contributed by atoms with Crippen LogP contribution in [-0.2, 0) is 11.3 Å². The maximum Gasteiger partial charge on any atom is 0.342 e. The van der Waals surface area contributed by atoms with Crippen LogP contribution in [-0.4, -0.2) is 56.9 Å². The van der Waals surface area contributed by atoms with Gasteiger partial charge < -0.3 is 29.6 Å². The van der Waals surface area contributed by atoms with Gasteiger partial charge in [-0.3, -0.25) is 4.79 Å². The number of aromatic nitrogens is 2. The summed E-state index contributed by atoms with van der Waals surface area (Å²) >= 11 is 0. The van der Waals surface area contributed by atoms with Crippen molar-refractivity contribution in [2.45, 2.75) is 32.7 Å². The molecule has 0 radical (unpaired) electrons. The molecule has 0 saturated carbocycles. The van der Waals surface area contributed by atoms with Crippen molar-refractivity contribution in [1.82, 2.24) is 14.5 Å². The molecule has 3 heterocycles. The molecule has 1 amide bonds. The fourth-order valence-corrected chi connectivity index (χ4v) is 3.52. The highest BCUT2D eigenvalue weighted by Gasteiger charge is 2.16. The number of nitro groups is 1. The molecule has 2 aromatic rings. The van der Waals surface area contributed by atoms with Crippen molar-refractivity contribution in [1.29, 1.82) is 0 Å². The lowest BCUT2D eigenvalue weighted by atomic mass is 10.1. The molecule has 33 heavy (non-hydrogen) atoms. The molecule has 1 N–H and O–H groups in total. The highest BCUT2D eigenvalue weighted by Crippen LogP contribution is 2.32. The zero-order valence-corrected chi connectivity index (χ0v) is 18.6. The molecule has 176 valence electrons. The first-order valence-corrected chi connectivity index (χ1v) is 10.8. The summed E-state index contributed by atoms with van der Waals surface area (Å²) in [6.45, 7) is 3.79. The summed E-state index contributed by atoms with van der Waals surface area (Å²) in [4.78, 5) is 27.5.